The highest BCUT2D eigenvalue weighted by Crippen LogP contribution is 2.23. The molecule has 1 aromatic heterocycles. The summed E-state index contributed by atoms with van der Waals surface area (Å²) in [6, 6.07) is 11.6. The second-order valence-electron chi connectivity index (χ2n) is 3.95. The zero-order chi connectivity index (χ0) is 13.0. The summed E-state index contributed by atoms with van der Waals surface area (Å²) in [4.78, 5) is 13.0. The lowest BCUT2D eigenvalue weighted by molar-refractivity contribution is -0.117. The van der Waals surface area contributed by atoms with Crippen LogP contribution >= 0.6 is 27.3 Å². The van der Waals surface area contributed by atoms with Gasteiger partial charge in [0.1, 0.15) is 11.5 Å². The van der Waals surface area contributed by atoms with Gasteiger partial charge in [0.15, 0.2) is 0 Å². The summed E-state index contributed by atoms with van der Waals surface area (Å²) in [5.41, 5.74) is 1.02. The molecule has 0 aliphatic carbocycles. The number of hydrogen-bond acceptors (Lipinski definition) is 3. The first-order valence-corrected chi connectivity index (χ1v) is 7.17. The molecule has 1 aromatic carbocycles. The van der Waals surface area contributed by atoms with Crippen molar-refractivity contribution in [2.24, 2.45) is 0 Å². The summed E-state index contributed by atoms with van der Waals surface area (Å²) in [5, 5.41) is 0. The van der Waals surface area contributed by atoms with E-state index in [4.69, 9.17) is 4.74 Å². The highest BCUT2D eigenvalue weighted by atomic mass is 79.9. The Bertz CT molecular complexity index is 531. The molecule has 2 rings (SSSR count). The van der Waals surface area contributed by atoms with Gasteiger partial charge in [-0.25, -0.2) is 0 Å². The van der Waals surface area contributed by atoms with E-state index in [1.807, 2.05) is 36.4 Å². The van der Waals surface area contributed by atoms with Gasteiger partial charge in [-0.2, -0.15) is 0 Å². The summed E-state index contributed by atoms with van der Waals surface area (Å²) in [7, 11) is 1.63. The number of carbonyl (C=O) groups is 1. The second-order valence-corrected chi connectivity index (χ2v) is 6.49. The van der Waals surface area contributed by atoms with Crippen molar-refractivity contribution in [3.63, 3.8) is 0 Å². The molecule has 0 N–H and O–H groups in total. The maximum Gasteiger partial charge on any atom is 0.142 e. The van der Waals surface area contributed by atoms with Crippen molar-refractivity contribution < 1.29 is 9.53 Å². The number of ether oxygens (including phenoxy) is 1. The average Bonchev–Trinajstić information content (AvgIpc) is 2.75. The van der Waals surface area contributed by atoms with Crippen LogP contribution in [0.2, 0.25) is 0 Å². The van der Waals surface area contributed by atoms with E-state index in [0.29, 0.717) is 12.8 Å². The van der Waals surface area contributed by atoms with E-state index < -0.39 is 0 Å². The summed E-state index contributed by atoms with van der Waals surface area (Å²) >= 11 is 5.01. The van der Waals surface area contributed by atoms with Crippen LogP contribution in [0.15, 0.2) is 40.2 Å². The molecule has 0 saturated heterocycles. The molecule has 2 nitrogen and oxygen atoms in total. The smallest absolute Gasteiger partial charge is 0.142 e. The number of halogens is 1. The molecular weight excluding hydrogens is 312 g/mol. The zero-order valence-electron chi connectivity index (χ0n) is 9.98. The fourth-order valence-corrected chi connectivity index (χ4v) is 3.19. The fourth-order valence-electron chi connectivity index (χ4n) is 1.67. The van der Waals surface area contributed by atoms with Crippen molar-refractivity contribution in [3.05, 3.63) is 50.6 Å². The maximum atomic E-state index is 11.9. The molecule has 0 fully saturated rings. The van der Waals surface area contributed by atoms with Gasteiger partial charge in [0.05, 0.1) is 10.9 Å². The van der Waals surface area contributed by atoms with Gasteiger partial charge in [-0.3, -0.25) is 4.79 Å². The predicted octanol–water partition coefficient (Wildman–Crippen LogP) is 3.87. The third-order valence-corrected chi connectivity index (χ3v) is 4.18. The van der Waals surface area contributed by atoms with Crippen molar-refractivity contribution in [1.82, 2.24) is 0 Å². The van der Waals surface area contributed by atoms with Crippen molar-refractivity contribution in [1.29, 1.82) is 0 Å². The van der Waals surface area contributed by atoms with Gasteiger partial charge in [-0.1, -0.05) is 12.1 Å². The Labute approximate surface area is 119 Å². The molecule has 0 atom stereocenters. The van der Waals surface area contributed by atoms with E-state index in [2.05, 4.69) is 15.9 Å². The van der Waals surface area contributed by atoms with E-state index in [-0.39, 0.29) is 5.78 Å². The molecule has 0 saturated carbocycles. The van der Waals surface area contributed by atoms with Crippen molar-refractivity contribution >= 4 is 33.0 Å². The van der Waals surface area contributed by atoms with Crippen LogP contribution in [0.3, 0.4) is 0 Å². The number of carbonyl (C=O) groups excluding carboxylic acids is 1. The van der Waals surface area contributed by atoms with Gasteiger partial charge in [-0.05, 0) is 45.8 Å². The third kappa shape index (κ3) is 3.68. The average molecular weight is 325 g/mol. The number of hydrogen-bond donors (Lipinski definition) is 0. The number of benzene rings is 1. The largest absolute Gasteiger partial charge is 0.497 e. The molecule has 18 heavy (non-hydrogen) atoms. The van der Waals surface area contributed by atoms with Crippen LogP contribution in [0.25, 0.3) is 0 Å². The topological polar surface area (TPSA) is 26.3 Å². The summed E-state index contributed by atoms with van der Waals surface area (Å²) < 4.78 is 6.15. The lowest BCUT2D eigenvalue weighted by Gasteiger charge is -2.02. The monoisotopic (exact) mass is 324 g/mol. The lowest BCUT2D eigenvalue weighted by Crippen LogP contribution is -2.05. The van der Waals surface area contributed by atoms with Crippen LogP contribution in [-0.4, -0.2) is 12.9 Å². The molecule has 0 aliphatic rings. The molecule has 0 amide bonds. The Morgan fingerprint density at radius 1 is 1.17 bits per heavy atom. The van der Waals surface area contributed by atoms with Gasteiger partial charge in [-0.15, -0.1) is 11.3 Å². The van der Waals surface area contributed by atoms with Crippen LogP contribution in [0.4, 0.5) is 0 Å². The van der Waals surface area contributed by atoms with Crippen LogP contribution < -0.4 is 4.74 Å². The lowest BCUT2D eigenvalue weighted by atomic mass is 10.1. The summed E-state index contributed by atoms with van der Waals surface area (Å²) in [6.45, 7) is 0. The minimum atomic E-state index is 0.231. The van der Waals surface area contributed by atoms with Gasteiger partial charge < -0.3 is 4.74 Å². The van der Waals surface area contributed by atoms with Crippen molar-refractivity contribution in [2.45, 2.75) is 12.8 Å². The van der Waals surface area contributed by atoms with Crippen LogP contribution in [0, 0.1) is 0 Å². The number of methoxy groups -OCH3 is 1. The van der Waals surface area contributed by atoms with Gasteiger partial charge in [0.25, 0.3) is 0 Å². The van der Waals surface area contributed by atoms with Gasteiger partial charge >= 0.3 is 0 Å². The minimum Gasteiger partial charge on any atom is -0.497 e. The first-order valence-electron chi connectivity index (χ1n) is 5.56. The number of rotatable bonds is 5. The summed E-state index contributed by atoms with van der Waals surface area (Å²) in [6.07, 6.45) is 0.974. The SMILES string of the molecule is COc1ccc(CC(=O)Cc2ccc(Br)s2)cc1. The number of Topliss-reactive ketones (excluding diaryl/α,β-unsaturated/α-hetero) is 1. The predicted molar refractivity (Wildman–Crippen MR) is 77.4 cm³/mol. The quantitative estimate of drug-likeness (QED) is 0.834. The Kier molecular flexibility index (Phi) is 4.55. The zero-order valence-corrected chi connectivity index (χ0v) is 12.4. The van der Waals surface area contributed by atoms with Gasteiger partial charge in [0.2, 0.25) is 0 Å². The normalized spacial score (nSPS) is 10.3. The number of ketones is 1. The molecule has 4 heteroatoms. The highest BCUT2D eigenvalue weighted by molar-refractivity contribution is 9.11. The number of thiophene rings is 1. The van der Waals surface area contributed by atoms with Crippen LogP contribution in [0.1, 0.15) is 10.4 Å². The molecule has 0 aliphatic heterocycles. The van der Waals surface area contributed by atoms with Crippen molar-refractivity contribution in [3.8, 4) is 5.75 Å². The second kappa shape index (κ2) is 6.16. The third-order valence-electron chi connectivity index (χ3n) is 2.56. The molecule has 0 unspecified atom stereocenters. The van der Waals surface area contributed by atoms with Crippen LogP contribution in [0.5, 0.6) is 5.75 Å². The van der Waals surface area contributed by atoms with Crippen LogP contribution in [-0.2, 0) is 17.6 Å². The van der Waals surface area contributed by atoms with Gasteiger partial charge in [0, 0.05) is 17.7 Å². The Morgan fingerprint density at radius 2 is 1.89 bits per heavy atom. The summed E-state index contributed by atoms with van der Waals surface area (Å²) in [5.74, 6) is 1.04. The first-order chi connectivity index (χ1) is 8.67. The first kappa shape index (κ1) is 13.3. The fraction of sp³-hybridized carbons (Fsp3) is 0.214. The van der Waals surface area contributed by atoms with E-state index in [0.717, 1.165) is 20.0 Å². The molecule has 0 radical (unpaired) electrons. The Morgan fingerprint density at radius 3 is 2.44 bits per heavy atom. The minimum absolute atomic E-state index is 0.231. The molecule has 1 heterocycles. The molecule has 0 spiro atoms. The standard InChI is InChI=1S/C14H13BrO2S/c1-17-12-4-2-10(3-5-12)8-11(16)9-13-6-7-14(15)18-13/h2-7H,8-9H2,1H3. The molecule has 94 valence electrons. The Hall–Kier alpha value is -1.13. The molecular formula is C14H13BrO2S. The molecule has 0 bridgehead atoms. The van der Waals surface area contributed by atoms with E-state index in [9.17, 15) is 4.79 Å². The Balaban J connectivity index is 1.94. The highest BCUT2D eigenvalue weighted by Gasteiger charge is 2.07. The van der Waals surface area contributed by atoms with E-state index >= 15 is 0 Å². The maximum absolute atomic E-state index is 11.9. The van der Waals surface area contributed by atoms with E-state index in [1.54, 1.807) is 18.4 Å². The van der Waals surface area contributed by atoms with Crippen molar-refractivity contribution in [2.75, 3.05) is 7.11 Å². The molecule has 2 aromatic rings. The van der Waals surface area contributed by atoms with E-state index in [1.165, 1.54) is 0 Å².